The molecule has 2 amide bonds. The first-order chi connectivity index (χ1) is 16.7. The zero-order valence-electron chi connectivity index (χ0n) is 18.9. The maximum absolute atomic E-state index is 12.8. The third-order valence-electron chi connectivity index (χ3n) is 5.24. The normalized spacial score (nSPS) is 15.4. The van der Waals surface area contributed by atoms with Crippen molar-refractivity contribution in [3.63, 3.8) is 0 Å². The molecule has 2 aromatic rings. The Morgan fingerprint density at radius 2 is 1.94 bits per heavy atom. The number of piperazine rings is 1. The minimum atomic E-state index is -3.81. The van der Waals surface area contributed by atoms with Crippen LogP contribution in [0.25, 0.3) is 0 Å². The number of Topliss-reactive ketones (excluding diaryl/α,β-unsaturated/α-hetero) is 1. The van der Waals surface area contributed by atoms with Gasteiger partial charge in [-0.25, -0.2) is 13.4 Å². The molecule has 1 aliphatic heterocycles. The number of nitrogens with two attached hydrogens (primary N) is 2. The van der Waals surface area contributed by atoms with Crippen molar-refractivity contribution in [1.29, 1.82) is 0 Å². The van der Waals surface area contributed by atoms with Gasteiger partial charge in [0.2, 0.25) is 27.6 Å². The second kappa shape index (κ2) is 11.9. The van der Waals surface area contributed by atoms with Crippen LogP contribution in [0, 0.1) is 0 Å². The topological polar surface area (TPSA) is 181 Å². The van der Waals surface area contributed by atoms with Crippen molar-refractivity contribution in [2.75, 3.05) is 32.7 Å². The summed E-state index contributed by atoms with van der Waals surface area (Å²) in [6, 6.07) is 6.98. The number of aromatic nitrogens is 1. The van der Waals surface area contributed by atoms with E-state index in [1.807, 2.05) is 0 Å². The van der Waals surface area contributed by atoms with Gasteiger partial charge in [-0.1, -0.05) is 18.2 Å². The van der Waals surface area contributed by atoms with Gasteiger partial charge in [0.15, 0.2) is 11.0 Å². The molecule has 12 nitrogen and oxygen atoms in total. The van der Waals surface area contributed by atoms with Gasteiger partial charge in [0.1, 0.15) is 0 Å². The van der Waals surface area contributed by atoms with Crippen molar-refractivity contribution in [2.45, 2.75) is 23.8 Å². The van der Waals surface area contributed by atoms with Crippen LogP contribution in [0.2, 0.25) is 0 Å². The van der Waals surface area contributed by atoms with E-state index in [0.29, 0.717) is 6.42 Å². The van der Waals surface area contributed by atoms with Crippen molar-refractivity contribution in [3.8, 4) is 0 Å². The highest BCUT2D eigenvalue weighted by Gasteiger charge is 2.34. The number of thiazole rings is 1. The first-order valence-corrected chi connectivity index (χ1v) is 13.1. The van der Waals surface area contributed by atoms with E-state index in [1.165, 1.54) is 23.2 Å². The van der Waals surface area contributed by atoms with E-state index in [-0.39, 0.29) is 60.8 Å². The molecule has 0 unspecified atom stereocenters. The Morgan fingerprint density at radius 1 is 1.20 bits per heavy atom. The lowest BCUT2D eigenvalue weighted by molar-refractivity contribution is -0.138. The minimum Gasteiger partial charge on any atom is -0.370 e. The van der Waals surface area contributed by atoms with Crippen LogP contribution in [0.15, 0.2) is 51.8 Å². The summed E-state index contributed by atoms with van der Waals surface area (Å²) in [5.41, 5.74) is 10.6. The number of benzene rings is 1. The summed E-state index contributed by atoms with van der Waals surface area (Å²) in [7, 11) is -3.81. The predicted octanol–water partition coefficient (Wildman–Crippen LogP) is -0.603. The maximum Gasteiger partial charge on any atom is 0.243 e. The fourth-order valence-corrected chi connectivity index (χ4v) is 5.51. The molecule has 35 heavy (non-hydrogen) atoms. The number of aliphatic imine (C=N–C) groups is 1. The van der Waals surface area contributed by atoms with Crippen LogP contribution in [-0.4, -0.2) is 84.9 Å². The number of hydrogen-bond donors (Lipinski definition) is 3. The van der Waals surface area contributed by atoms with Crippen molar-refractivity contribution in [1.82, 2.24) is 19.5 Å². The maximum atomic E-state index is 12.8. The smallest absolute Gasteiger partial charge is 0.243 e. The molecule has 0 saturated carbocycles. The van der Waals surface area contributed by atoms with E-state index in [4.69, 9.17) is 11.5 Å². The SMILES string of the molecule is NC(N)=NCCC[C@H](NC(=O)CN1CCN(S(=O)(=O)c2ccccc2)CC1=O)C(=O)c1nccs1. The van der Waals surface area contributed by atoms with Crippen LogP contribution < -0.4 is 16.8 Å². The molecule has 1 aromatic heterocycles. The fraction of sp³-hybridized carbons (Fsp3) is 0.381. The van der Waals surface area contributed by atoms with Crippen LogP contribution in [-0.2, 0) is 19.6 Å². The van der Waals surface area contributed by atoms with Gasteiger partial charge in [-0.2, -0.15) is 4.31 Å². The second-order valence-electron chi connectivity index (χ2n) is 7.74. The van der Waals surface area contributed by atoms with Crippen LogP contribution in [0.5, 0.6) is 0 Å². The van der Waals surface area contributed by atoms with Crippen molar-refractivity contribution in [3.05, 3.63) is 46.9 Å². The number of ketones is 1. The molecular formula is C21H27N7O5S2. The molecule has 5 N–H and O–H groups in total. The van der Waals surface area contributed by atoms with E-state index in [1.54, 1.807) is 23.6 Å². The molecule has 188 valence electrons. The summed E-state index contributed by atoms with van der Waals surface area (Å²) in [5.74, 6) is -1.44. The Kier molecular flexibility index (Phi) is 8.89. The third-order valence-corrected chi connectivity index (χ3v) is 7.89. The molecule has 2 heterocycles. The highest BCUT2D eigenvalue weighted by atomic mass is 32.2. The fourth-order valence-electron chi connectivity index (χ4n) is 3.48. The molecule has 0 aliphatic carbocycles. The van der Waals surface area contributed by atoms with Gasteiger partial charge >= 0.3 is 0 Å². The molecular weight excluding hydrogens is 494 g/mol. The summed E-state index contributed by atoms with van der Waals surface area (Å²) >= 11 is 1.16. The van der Waals surface area contributed by atoms with Crippen LogP contribution in [0.4, 0.5) is 0 Å². The van der Waals surface area contributed by atoms with Crippen molar-refractivity contribution < 1.29 is 22.8 Å². The number of nitrogens with zero attached hydrogens (tertiary/aromatic N) is 4. The number of carbonyl (C=O) groups excluding carboxylic acids is 3. The van der Waals surface area contributed by atoms with Crippen molar-refractivity contribution >= 4 is 44.9 Å². The average Bonchev–Trinajstić information content (AvgIpc) is 3.37. The molecule has 1 aliphatic rings. The number of amides is 2. The molecule has 1 saturated heterocycles. The van der Waals surface area contributed by atoms with E-state index >= 15 is 0 Å². The third kappa shape index (κ3) is 7.07. The first-order valence-electron chi connectivity index (χ1n) is 10.8. The van der Waals surface area contributed by atoms with Gasteiger partial charge < -0.3 is 21.7 Å². The summed E-state index contributed by atoms with van der Waals surface area (Å²) in [5, 5.41) is 4.59. The Morgan fingerprint density at radius 3 is 2.57 bits per heavy atom. The number of rotatable bonds is 11. The Bertz CT molecular complexity index is 1170. The lowest BCUT2D eigenvalue weighted by atomic mass is 10.1. The largest absolute Gasteiger partial charge is 0.370 e. The monoisotopic (exact) mass is 521 g/mol. The molecule has 1 aromatic carbocycles. The molecule has 0 bridgehead atoms. The van der Waals surface area contributed by atoms with Gasteiger partial charge in [-0.3, -0.25) is 19.4 Å². The van der Waals surface area contributed by atoms with Gasteiger partial charge in [0.05, 0.1) is 24.0 Å². The zero-order valence-corrected chi connectivity index (χ0v) is 20.5. The molecule has 0 spiro atoms. The highest BCUT2D eigenvalue weighted by molar-refractivity contribution is 7.89. The number of guanidine groups is 1. The van der Waals surface area contributed by atoms with Gasteiger partial charge in [0.25, 0.3) is 0 Å². The summed E-state index contributed by atoms with van der Waals surface area (Å²) in [4.78, 5) is 47.4. The summed E-state index contributed by atoms with van der Waals surface area (Å²) < 4.78 is 26.6. The van der Waals surface area contributed by atoms with E-state index in [2.05, 4.69) is 15.3 Å². The lowest BCUT2D eigenvalue weighted by Crippen LogP contribution is -2.55. The van der Waals surface area contributed by atoms with Crippen LogP contribution in [0.3, 0.4) is 0 Å². The summed E-state index contributed by atoms with van der Waals surface area (Å²) in [6.45, 7) is -0.279. The number of nitrogens with one attached hydrogen (secondary N) is 1. The number of sulfonamides is 1. The Hall–Kier alpha value is -3.36. The molecule has 1 fully saturated rings. The van der Waals surface area contributed by atoms with Gasteiger partial charge in [0, 0.05) is 31.2 Å². The second-order valence-corrected chi connectivity index (χ2v) is 10.6. The van der Waals surface area contributed by atoms with E-state index < -0.39 is 27.9 Å². The van der Waals surface area contributed by atoms with E-state index in [9.17, 15) is 22.8 Å². The minimum absolute atomic E-state index is 0.0495. The first kappa shape index (κ1) is 26.2. The van der Waals surface area contributed by atoms with Crippen molar-refractivity contribution in [2.24, 2.45) is 16.5 Å². The average molecular weight is 522 g/mol. The quantitative estimate of drug-likeness (QED) is 0.152. The summed E-state index contributed by atoms with van der Waals surface area (Å²) in [6.07, 6.45) is 2.21. The standard InChI is InChI=1S/C21H27N7O5S2/c22-21(23)25-8-4-7-16(19(31)20-24-9-12-34-20)26-17(29)13-27-10-11-28(14-18(27)30)35(32,33)15-5-2-1-3-6-15/h1-3,5-6,9,12,16H,4,7-8,10-11,13-14H2,(H,26,29)(H4,22,23,25)/t16-/m0/s1. The molecule has 14 heteroatoms. The van der Waals surface area contributed by atoms with Gasteiger partial charge in [-0.15, -0.1) is 11.3 Å². The lowest BCUT2D eigenvalue weighted by Gasteiger charge is -2.33. The molecule has 3 rings (SSSR count). The van der Waals surface area contributed by atoms with Crippen LogP contribution in [0.1, 0.15) is 22.6 Å². The predicted molar refractivity (Wildman–Crippen MR) is 130 cm³/mol. The zero-order chi connectivity index (χ0) is 25.4. The molecule has 1 atom stereocenters. The Balaban J connectivity index is 1.59. The molecule has 0 radical (unpaired) electrons. The highest BCUT2D eigenvalue weighted by Crippen LogP contribution is 2.18. The number of carbonyl (C=O) groups is 3. The van der Waals surface area contributed by atoms with Gasteiger partial charge in [-0.05, 0) is 25.0 Å². The number of hydrogen-bond acceptors (Lipinski definition) is 8. The Labute approximate surface area is 207 Å². The van der Waals surface area contributed by atoms with Crippen LogP contribution >= 0.6 is 11.3 Å². The van der Waals surface area contributed by atoms with E-state index in [0.717, 1.165) is 15.6 Å².